The van der Waals surface area contributed by atoms with Crippen LogP contribution in [0.25, 0.3) is 11.1 Å². The van der Waals surface area contributed by atoms with Gasteiger partial charge in [-0.15, -0.1) is 0 Å². The maximum Gasteiger partial charge on any atom is 0.251 e. The molecule has 1 unspecified atom stereocenters. The molecule has 1 heterocycles. The summed E-state index contributed by atoms with van der Waals surface area (Å²) >= 11 is 6.08. The van der Waals surface area contributed by atoms with E-state index < -0.39 is 0 Å². The van der Waals surface area contributed by atoms with Crippen LogP contribution >= 0.6 is 11.6 Å². The summed E-state index contributed by atoms with van der Waals surface area (Å²) in [6.45, 7) is 3.06. The van der Waals surface area contributed by atoms with Crippen LogP contribution < -0.4 is 11.1 Å². The van der Waals surface area contributed by atoms with Crippen LogP contribution in [-0.4, -0.2) is 18.2 Å². The number of amides is 1. The van der Waals surface area contributed by atoms with Gasteiger partial charge in [-0.2, -0.15) is 0 Å². The van der Waals surface area contributed by atoms with Crippen molar-refractivity contribution in [3.8, 4) is 11.1 Å². The molecule has 29 heavy (non-hydrogen) atoms. The summed E-state index contributed by atoms with van der Waals surface area (Å²) in [6.07, 6.45) is 0. The number of halogens is 1. The molecular formula is C24H22ClN3O. The molecule has 1 aliphatic heterocycles. The van der Waals surface area contributed by atoms with Gasteiger partial charge >= 0.3 is 0 Å². The maximum atomic E-state index is 12.9. The summed E-state index contributed by atoms with van der Waals surface area (Å²) in [5.74, 6) is -0.166. The third-order valence-electron chi connectivity index (χ3n) is 5.24. The molecule has 3 aromatic carbocycles. The number of benzene rings is 3. The fraction of sp³-hybridized carbons (Fsp3) is 0.167. The second-order valence-electron chi connectivity index (χ2n) is 7.17. The van der Waals surface area contributed by atoms with Crippen LogP contribution in [0.15, 0.2) is 71.7 Å². The molecule has 3 N–H and O–H groups in total. The highest BCUT2D eigenvalue weighted by molar-refractivity contribution is 6.30. The fourth-order valence-corrected chi connectivity index (χ4v) is 3.80. The number of fused-ring (bicyclic) bond motifs is 1. The van der Waals surface area contributed by atoms with Gasteiger partial charge in [-0.1, -0.05) is 48.0 Å². The molecule has 4 nitrogen and oxygen atoms in total. The van der Waals surface area contributed by atoms with Gasteiger partial charge in [-0.05, 0) is 59.5 Å². The molecule has 3 aromatic rings. The van der Waals surface area contributed by atoms with Gasteiger partial charge in [-0.25, -0.2) is 0 Å². The monoisotopic (exact) mass is 403 g/mol. The molecule has 0 aromatic heterocycles. The zero-order chi connectivity index (χ0) is 20.4. The van der Waals surface area contributed by atoms with Gasteiger partial charge in [0.25, 0.3) is 5.91 Å². The molecule has 0 saturated carbocycles. The van der Waals surface area contributed by atoms with E-state index in [-0.39, 0.29) is 18.5 Å². The Kier molecular flexibility index (Phi) is 5.47. The minimum absolute atomic E-state index is 0.166. The van der Waals surface area contributed by atoms with Crippen molar-refractivity contribution in [1.29, 1.82) is 0 Å². The number of aliphatic imine (C=N–C) groups is 1. The van der Waals surface area contributed by atoms with Gasteiger partial charge in [0.1, 0.15) is 0 Å². The molecule has 1 amide bonds. The first-order valence-corrected chi connectivity index (χ1v) is 9.94. The Morgan fingerprint density at radius 3 is 2.69 bits per heavy atom. The Morgan fingerprint density at radius 2 is 1.90 bits per heavy atom. The SMILES string of the molecule is CC1=NCc2ccc(-c3cccc(C(=O)NC(CN)c4cccc(Cl)c4)c3)cc21. The van der Waals surface area contributed by atoms with Gasteiger partial charge in [0, 0.05) is 28.4 Å². The standard InChI is InChI=1S/C24H22ClN3O/c1-15-22-12-17(8-9-20(22)14-27-15)16-4-2-6-19(10-16)24(29)28-23(13-26)18-5-3-7-21(25)11-18/h2-12,23H,13-14,26H2,1H3,(H,28,29). The van der Waals surface area contributed by atoms with Crippen LogP contribution in [0.3, 0.4) is 0 Å². The predicted octanol–water partition coefficient (Wildman–Crippen LogP) is 4.76. The molecule has 1 atom stereocenters. The minimum Gasteiger partial charge on any atom is -0.344 e. The van der Waals surface area contributed by atoms with Crippen LogP contribution in [-0.2, 0) is 6.54 Å². The summed E-state index contributed by atoms with van der Waals surface area (Å²) in [5.41, 5.74) is 12.9. The molecule has 5 heteroatoms. The second kappa shape index (κ2) is 8.19. The summed E-state index contributed by atoms with van der Waals surface area (Å²) in [7, 11) is 0. The maximum absolute atomic E-state index is 12.9. The van der Waals surface area contributed by atoms with E-state index in [0.717, 1.165) is 28.9 Å². The van der Waals surface area contributed by atoms with E-state index >= 15 is 0 Å². The van der Waals surface area contributed by atoms with E-state index in [0.29, 0.717) is 10.6 Å². The average Bonchev–Trinajstić information content (AvgIpc) is 3.12. The van der Waals surface area contributed by atoms with Crippen LogP contribution in [0.2, 0.25) is 5.02 Å². The Bertz CT molecular complexity index is 1110. The van der Waals surface area contributed by atoms with Crippen molar-refractivity contribution < 1.29 is 4.79 Å². The Balaban J connectivity index is 1.58. The summed E-state index contributed by atoms with van der Waals surface area (Å²) in [4.78, 5) is 17.4. The molecular weight excluding hydrogens is 382 g/mol. The van der Waals surface area contributed by atoms with Crippen molar-refractivity contribution in [3.63, 3.8) is 0 Å². The highest BCUT2D eigenvalue weighted by Gasteiger charge is 2.16. The number of carbonyl (C=O) groups excluding carboxylic acids is 1. The number of carbonyl (C=O) groups is 1. The van der Waals surface area contributed by atoms with Gasteiger partial charge < -0.3 is 11.1 Å². The number of hydrogen-bond acceptors (Lipinski definition) is 3. The van der Waals surface area contributed by atoms with Gasteiger partial charge in [-0.3, -0.25) is 9.79 Å². The summed E-state index contributed by atoms with van der Waals surface area (Å²) in [5, 5.41) is 3.63. The Hall–Kier alpha value is -2.95. The van der Waals surface area contributed by atoms with E-state index in [4.69, 9.17) is 17.3 Å². The lowest BCUT2D eigenvalue weighted by Crippen LogP contribution is -2.33. The zero-order valence-corrected chi connectivity index (χ0v) is 16.9. The molecule has 0 aliphatic carbocycles. The number of nitrogens with two attached hydrogens (primary N) is 1. The zero-order valence-electron chi connectivity index (χ0n) is 16.2. The predicted molar refractivity (Wildman–Crippen MR) is 119 cm³/mol. The first-order valence-electron chi connectivity index (χ1n) is 9.56. The number of rotatable bonds is 5. The van der Waals surface area contributed by atoms with Crippen molar-refractivity contribution in [2.75, 3.05) is 6.54 Å². The van der Waals surface area contributed by atoms with Crippen molar-refractivity contribution in [1.82, 2.24) is 5.32 Å². The number of hydrogen-bond donors (Lipinski definition) is 2. The molecule has 146 valence electrons. The summed E-state index contributed by atoms with van der Waals surface area (Å²) < 4.78 is 0. The average molecular weight is 404 g/mol. The van der Waals surface area contributed by atoms with Crippen LogP contribution in [0.1, 0.15) is 40.0 Å². The highest BCUT2D eigenvalue weighted by atomic mass is 35.5. The normalized spacial score (nSPS) is 13.6. The van der Waals surface area contributed by atoms with Gasteiger partial charge in [0.05, 0.1) is 12.6 Å². The lowest BCUT2D eigenvalue weighted by atomic mass is 9.97. The summed E-state index contributed by atoms with van der Waals surface area (Å²) in [6, 6.07) is 21.1. The van der Waals surface area contributed by atoms with E-state index in [2.05, 4.69) is 28.5 Å². The van der Waals surface area contributed by atoms with Crippen LogP contribution in [0.5, 0.6) is 0 Å². The van der Waals surface area contributed by atoms with Gasteiger partial charge in [0.15, 0.2) is 0 Å². The van der Waals surface area contributed by atoms with Crippen molar-refractivity contribution in [2.24, 2.45) is 10.7 Å². The highest BCUT2D eigenvalue weighted by Crippen LogP contribution is 2.27. The first-order chi connectivity index (χ1) is 14.0. The molecule has 0 spiro atoms. The molecule has 0 saturated heterocycles. The quantitative estimate of drug-likeness (QED) is 0.644. The lowest BCUT2D eigenvalue weighted by Gasteiger charge is -2.18. The lowest BCUT2D eigenvalue weighted by molar-refractivity contribution is 0.0938. The first kappa shape index (κ1) is 19.4. The largest absolute Gasteiger partial charge is 0.344 e. The third-order valence-corrected chi connectivity index (χ3v) is 5.47. The van der Waals surface area contributed by atoms with Crippen molar-refractivity contribution in [3.05, 3.63) is 94.0 Å². The fourth-order valence-electron chi connectivity index (χ4n) is 3.60. The molecule has 4 rings (SSSR count). The second-order valence-corrected chi connectivity index (χ2v) is 7.61. The topological polar surface area (TPSA) is 67.5 Å². The molecule has 0 bridgehead atoms. The molecule has 0 radical (unpaired) electrons. The van der Waals surface area contributed by atoms with Crippen LogP contribution in [0.4, 0.5) is 0 Å². The Labute approximate surface area is 175 Å². The third kappa shape index (κ3) is 4.09. The number of nitrogens with one attached hydrogen (secondary N) is 1. The van der Waals surface area contributed by atoms with Crippen LogP contribution in [0, 0.1) is 0 Å². The molecule has 1 aliphatic rings. The van der Waals surface area contributed by atoms with Gasteiger partial charge in [0.2, 0.25) is 0 Å². The van der Waals surface area contributed by atoms with Crippen molar-refractivity contribution >= 4 is 23.2 Å². The number of nitrogens with zero attached hydrogens (tertiary/aromatic N) is 1. The van der Waals surface area contributed by atoms with E-state index in [9.17, 15) is 4.79 Å². The van der Waals surface area contributed by atoms with Crippen molar-refractivity contribution in [2.45, 2.75) is 19.5 Å². The van der Waals surface area contributed by atoms with E-state index in [1.54, 1.807) is 6.07 Å². The van der Waals surface area contributed by atoms with E-state index in [1.165, 1.54) is 11.1 Å². The molecule has 0 fully saturated rings. The minimum atomic E-state index is -0.302. The smallest absolute Gasteiger partial charge is 0.251 e. The van der Waals surface area contributed by atoms with E-state index in [1.807, 2.05) is 49.4 Å². The Morgan fingerprint density at radius 1 is 1.10 bits per heavy atom.